The summed E-state index contributed by atoms with van der Waals surface area (Å²) in [6.45, 7) is 15.3. The lowest BCUT2D eigenvalue weighted by molar-refractivity contribution is -0.134. The highest BCUT2D eigenvalue weighted by molar-refractivity contribution is 5.91. The second-order valence-electron chi connectivity index (χ2n) is 10.1. The molecule has 0 unspecified atom stereocenters. The monoisotopic (exact) mass is 454 g/mol. The van der Waals surface area contributed by atoms with Crippen LogP contribution in [0.3, 0.4) is 0 Å². The molecule has 1 aromatic heterocycles. The molecule has 1 aliphatic rings. The van der Waals surface area contributed by atoms with Gasteiger partial charge < -0.3 is 19.0 Å². The van der Waals surface area contributed by atoms with E-state index in [0.717, 1.165) is 24.2 Å². The number of nitrogens with zero attached hydrogens (tertiary/aromatic N) is 2. The topological polar surface area (TPSA) is 63.0 Å². The summed E-state index contributed by atoms with van der Waals surface area (Å²) in [4.78, 5) is 28.8. The van der Waals surface area contributed by atoms with Crippen molar-refractivity contribution in [2.45, 2.75) is 65.2 Å². The van der Waals surface area contributed by atoms with Crippen LogP contribution in [0.25, 0.3) is 0 Å². The van der Waals surface area contributed by atoms with Crippen molar-refractivity contribution in [1.82, 2.24) is 9.80 Å². The van der Waals surface area contributed by atoms with Crippen molar-refractivity contribution in [3.8, 4) is 5.75 Å². The fourth-order valence-electron chi connectivity index (χ4n) is 3.95. The summed E-state index contributed by atoms with van der Waals surface area (Å²) in [6.07, 6.45) is 3.51. The van der Waals surface area contributed by atoms with E-state index in [9.17, 15) is 9.59 Å². The zero-order valence-electron chi connectivity index (χ0n) is 20.9. The van der Waals surface area contributed by atoms with Crippen molar-refractivity contribution >= 4 is 11.8 Å². The number of amides is 2. The van der Waals surface area contributed by atoms with Crippen LogP contribution >= 0.6 is 0 Å². The second-order valence-corrected chi connectivity index (χ2v) is 10.1. The Kier molecular flexibility index (Phi) is 7.55. The number of hydrogen-bond donors (Lipinski definition) is 0. The van der Waals surface area contributed by atoms with Crippen molar-refractivity contribution in [2.75, 3.05) is 32.8 Å². The van der Waals surface area contributed by atoms with E-state index in [1.165, 1.54) is 11.8 Å². The van der Waals surface area contributed by atoms with Gasteiger partial charge in [0.15, 0.2) is 12.4 Å². The fraction of sp³-hybridized carbons (Fsp3) is 0.556. The third-order valence-electron chi connectivity index (χ3n) is 7.26. The Morgan fingerprint density at radius 2 is 1.58 bits per heavy atom. The van der Waals surface area contributed by atoms with E-state index >= 15 is 0 Å². The Morgan fingerprint density at radius 1 is 0.939 bits per heavy atom. The minimum absolute atomic E-state index is 0.00452. The van der Waals surface area contributed by atoms with E-state index in [2.05, 4.69) is 53.7 Å². The van der Waals surface area contributed by atoms with Gasteiger partial charge in [-0.3, -0.25) is 9.59 Å². The standard InChI is InChI=1S/C27H38N2O4/c1-7-26(3,4)20-11-12-22(21(18-20)27(5,6)8-2)33-19-24(30)28-13-15-29(16-14-28)25(31)23-10-9-17-32-23/h9-12,17-18H,7-8,13-16,19H2,1-6H3. The number of hydrogen-bond acceptors (Lipinski definition) is 4. The minimum atomic E-state index is -0.134. The van der Waals surface area contributed by atoms with E-state index in [4.69, 9.17) is 9.15 Å². The summed E-state index contributed by atoms with van der Waals surface area (Å²) in [7, 11) is 0. The van der Waals surface area contributed by atoms with E-state index in [1.807, 2.05) is 6.07 Å². The van der Waals surface area contributed by atoms with Gasteiger partial charge in [-0.2, -0.15) is 0 Å². The molecular weight excluding hydrogens is 416 g/mol. The first-order chi connectivity index (χ1) is 15.6. The van der Waals surface area contributed by atoms with Crippen LogP contribution in [0.4, 0.5) is 0 Å². The van der Waals surface area contributed by atoms with Gasteiger partial charge in [0, 0.05) is 31.7 Å². The smallest absolute Gasteiger partial charge is 0.289 e. The predicted molar refractivity (Wildman–Crippen MR) is 130 cm³/mol. The lowest BCUT2D eigenvalue weighted by atomic mass is 9.76. The summed E-state index contributed by atoms with van der Waals surface area (Å²) in [5.41, 5.74) is 2.46. The number of furan rings is 1. The molecule has 180 valence electrons. The van der Waals surface area contributed by atoms with Crippen LogP contribution in [-0.2, 0) is 15.6 Å². The molecule has 0 radical (unpaired) electrons. The maximum Gasteiger partial charge on any atom is 0.289 e. The normalized spacial score (nSPS) is 15.0. The van der Waals surface area contributed by atoms with E-state index < -0.39 is 0 Å². The summed E-state index contributed by atoms with van der Waals surface area (Å²) in [6, 6.07) is 9.76. The molecular formula is C27H38N2O4. The Balaban J connectivity index is 1.64. The van der Waals surface area contributed by atoms with Crippen LogP contribution < -0.4 is 4.74 Å². The molecule has 1 aromatic carbocycles. The van der Waals surface area contributed by atoms with Crippen LogP contribution in [-0.4, -0.2) is 54.4 Å². The molecule has 0 N–H and O–H groups in total. The molecule has 1 aliphatic heterocycles. The molecule has 1 fully saturated rings. The number of piperazine rings is 1. The first-order valence-electron chi connectivity index (χ1n) is 12.0. The molecule has 0 atom stereocenters. The van der Waals surface area contributed by atoms with Gasteiger partial charge >= 0.3 is 0 Å². The molecule has 0 aliphatic carbocycles. The molecule has 6 nitrogen and oxygen atoms in total. The quantitative estimate of drug-likeness (QED) is 0.562. The zero-order chi connectivity index (χ0) is 24.2. The lowest BCUT2D eigenvalue weighted by Gasteiger charge is -2.34. The first-order valence-corrected chi connectivity index (χ1v) is 12.0. The van der Waals surface area contributed by atoms with Crippen molar-refractivity contribution in [1.29, 1.82) is 0 Å². The summed E-state index contributed by atoms with van der Waals surface area (Å²) < 4.78 is 11.3. The van der Waals surface area contributed by atoms with Crippen LogP contribution in [0.1, 0.15) is 76.1 Å². The highest BCUT2D eigenvalue weighted by Crippen LogP contribution is 2.38. The van der Waals surface area contributed by atoms with Gasteiger partial charge in [0.2, 0.25) is 0 Å². The number of ether oxygens (including phenoxy) is 1. The maximum atomic E-state index is 12.9. The van der Waals surface area contributed by atoms with E-state index in [-0.39, 0.29) is 29.3 Å². The van der Waals surface area contributed by atoms with Crippen LogP contribution in [0, 0.1) is 0 Å². The fourth-order valence-corrected chi connectivity index (χ4v) is 3.95. The zero-order valence-corrected chi connectivity index (χ0v) is 20.9. The van der Waals surface area contributed by atoms with Gasteiger partial charge in [-0.05, 0) is 47.4 Å². The lowest BCUT2D eigenvalue weighted by Crippen LogP contribution is -2.51. The molecule has 0 spiro atoms. The number of carbonyl (C=O) groups is 2. The molecule has 2 amide bonds. The Bertz CT molecular complexity index is 955. The third kappa shape index (κ3) is 5.60. The molecule has 0 bridgehead atoms. The van der Waals surface area contributed by atoms with Crippen molar-refractivity contribution < 1.29 is 18.7 Å². The van der Waals surface area contributed by atoms with Gasteiger partial charge in [0.05, 0.1) is 6.26 Å². The molecule has 2 heterocycles. The molecule has 1 saturated heterocycles. The van der Waals surface area contributed by atoms with Crippen molar-refractivity contribution in [3.63, 3.8) is 0 Å². The second kappa shape index (κ2) is 10.0. The number of carbonyl (C=O) groups excluding carboxylic acids is 2. The van der Waals surface area contributed by atoms with Gasteiger partial charge in [0.25, 0.3) is 11.8 Å². The highest BCUT2D eigenvalue weighted by Gasteiger charge is 2.29. The van der Waals surface area contributed by atoms with Gasteiger partial charge in [-0.1, -0.05) is 53.7 Å². The van der Waals surface area contributed by atoms with Gasteiger partial charge in [-0.15, -0.1) is 0 Å². The first kappa shape index (κ1) is 24.9. The average Bonchev–Trinajstić information content (AvgIpc) is 3.37. The Hall–Kier alpha value is -2.76. The minimum Gasteiger partial charge on any atom is -0.483 e. The van der Waals surface area contributed by atoms with Crippen LogP contribution in [0.15, 0.2) is 41.0 Å². The molecule has 33 heavy (non-hydrogen) atoms. The van der Waals surface area contributed by atoms with Crippen LogP contribution in [0.5, 0.6) is 5.75 Å². The molecule has 6 heteroatoms. The predicted octanol–water partition coefficient (Wildman–Crippen LogP) is 5.02. The third-order valence-corrected chi connectivity index (χ3v) is 7.26. The van der Waals surface area contributed by atoms with E-state index in [1.54, 1.807) is 21.9 Å². The Labute approximate surface area is 197 Å². The van der Waals surface area contributed by atoms with E-state index in [0.29, 0.717) is 31.9 Å². The van der Waals surface area contributed by atoms with Gasteiger partial charge in [-0.25, -0.2) is 0 Å². The maximum absolute atomic E-state index is 12.9. The highest BCUT2D eigenvalue weighted by atomic mass is 16.5. The largest absolute Gasteiger partial charge is 0.483 e. The van der Waals surface area contributed by atoms with Crippen molar-refractivity contribution in [3.05, 3.63) is 53.5 Å². The SMILES string of the molecule is CCC(C)(C)c1ccc(OCC(=O)N2CCN(C(=O)c3ccco3)CC2)c(C(C)(C)CC)c1. The Morgan fingerprint density at radius 3 is 2.15 bits per heavy atom. The van der Waals surface area contributed by atoms with Gasteiger partial charge in [0.1, 0.15) is 5.75 Å². The summed E-state index contributed by atoms with van der Waals surface area (Å²) in [5, 5.41) is 0. The summed E-state index contributed by atoms with van der Waals surface area (Å²) >= 11 is 0. The number of benzene rings is 1. The molecule has 2 aromatic rings. The average molecular weight is 455 g/mol. The molecule has 3 rings (SSSR count). The number of rotatable bonds is 8. The summed E-state index contributed by atoms with van der Waals surface area (Å²) in [5.74, 6) is 0.916. The molecule has 0 saturated carbocycles. The van der Waals surface area contributed by atoms with Crippen molar-refractivity contribution in [2.24, 2.45) is 0 Å². The van der Waals surface area contributed by atoms with Crippen LogP contribution in [0.2, 0.25) is 0 Å².